The first-order valence-corrected chi connectivity index (χ1v) is 6.76. The number of pyridine rings is 1. The summed E-state index contributed by atoms with van der Waals surface area (Å²) in [5.74, 6) is -1.33. The number of anilines is 1. The third kappa shape index (κ3) is 4.26. The smallest absolute Gasteiger partial charge is 0.272 e. The molecule has 1 aromatic carbocycles. The van der Waals surface area contributed by atoms with Gasteiger partial charge in [0, 0.05) is 24.0 Å². The van der Waals surface area contributed by atoms with Crippen LogP contribution in [0.5, 0.6) is 0 Å². The molecule has 0 aliphatic rings. The largest absolute Gasteiger partial charge is 0.331 e. The molecule has 0 aliphatic heterocycles. The van der Waals surface area contributed by atoms with Crippen molar-refractivity contribution in [3.63, 3.8) is 0 Å². The molecular formula is C15H13ClFN3O2. The normalized spacial score (nSPS) is 10.1. The number of hydrogen-bond acceptors (Lipinski definition) is 3. The van der Waals surface area contributed by atoms with Gasteiger partial charge in [-0.2, -0.15) is 0 Å². The van der Waals surface area contributed by atoms with Gasteiger partial charge in [0.15, 0.2) is 0 Å². The number of likely N-dealkylation sites (N-methyl/N-ethyl adjacent to an activating group) is 1. The number of hydrogen-bond donors (Lipinski definition) is 1. The number of amides is 2. The summed E-state index contributed by atoms with van der Waals surface area (Å²) in [6.07, 6.45) is 1.41. The molecule has 2 amide bonds. The van der Waals surface area contributed by atoms with Crippen LogP contribution in [-0.2, 0) is 4.79 Å². The summed E-state index contributed by atoms with van der Waals surface area (Å²) < 4.78 is 13.0. The van der Waals surface area contributed by atoms with E-state index < -0.39 is 17.6 Å². The Kier molecular flexibility index (Phi) is 5.06. The van der Waals surface area contributed by atoms with E-state index >= 15 is 0 Å². The predicted octanol–water partition coefficient (Wildman–Crippen LogP) is 2.58. The van der Waals surface area contributed by atoms with Crippen LogP contribution in [0.25, 0.3) is 0 Å². The summed E-state index contributed by atoms with van der Waals surface area (Å²) in [7, 11) is 1.47. The Hall–Kier alpha value is -2.47. The highest BCUT2D eigenvalue weighted by atomic mass is 35.5. The molecule has 0 aliphatic carbocycles. The van der Waals surface area contributed by atoms with Gasteiger partial charge in [0.05, 0.1) is 6.54 Å². The van der Waals surface area contributed by atoms with Gasteiger partial charge in [-0.15, -0.1) is 0 Å². The van der Waals surface area contributed by atoms with Crippen molar-refractivity contribution in [3.8, 4) is 0 Å². The lowest BCUT2D eigenvalue weighted by Crippen LogP contribution is -2.35. The first-order chi connectivity index (χ1) is 10.5. The van der Waals surface area contributed by atoms with Crippen molar-refractivity contribution < 1.29 is 14.0 Å². The number of benzene rings is 1. The Labute approximate surface area is 131 Å². The fraction of sp³-hybridized carbons (Fsp3) is 0.133. The molecule has 22 heavy (non-hydrogen) atoms. The third-order valence-electron chi connectivity index (χ3n) is 2.78. The highest BCUT2D eigenvalue weighted by Gasteiger charge is 2.16. The fourth-order valence-electron chi connectivity index (χ4n) is 1.77. The van der Waals surface area contributed by atoms with Crippen LogP contribution in [-0.4, -0.2) is 35.3 Å². The van der Waals surface area contributed by atoms with Gasteiger partial charge in [0.1, 0.15) is 11.5 Å². The van der Waals surface area contributed by atoms with Crippen molar-refractivity contribution >= 4 is 29.1 Å². The minimum atomic E-state index is -0.453. The number of rotatable bonds is 4. The number of carbonyl (C=O) groups is 2. The molecule has 2 rings (SSSR count). The zero-order valence-corrected chi connectivity index (χ0v) is 12.5. The Morgan fingerprint density at radius 2 is 2.09 bits per heavy atom. The van der Waals surface area contributed by atoms with Crippen molar-refractivity contribution in [2.75, 3.05) is 18.9 Å². The molecular weight excluding hydrogens is 309 g/mol. The van der Waals surface area contributed by atoms with E-state index in [0.29, 0.717) is 10.7 Å². The lowest BCUT2D eigenvalue weighted by Gasteiger charge is -2.16. The van der Waals surface area contributed by atoms with Crippen LogP contribution in [0.3, 0.4) is 0 Å². The summed E-state index contributed by atoms with van der Waals surface area (Å²) in [5, 5.41) is 2.90. The van der Waals surface area contributed by atoms with Gasteiger partial charge >= 0.3 is 0 Å². The Bertz CT molecular complexity index is 709. The molecule has 2 aromatic rings. The molecule has 5 nitrogen and oxygen atoms in total. The summed E-state index contributed by atoms with van der Waals surface area (Å²) in [4.78, 5) is 29.1. The van der Waals surface area contributed by atoms with Gasteiger partial charge in [-0.25, -0.2) is 4.39 Å². The molecule has 7 heteroatoms. The molecule has 0 unspecified atom stereocenters. The summed E-state index contributed by atoms with van der Waals surface area (Å²) in [6.45, 7) is -0.191. The summed E-state index contributed by atoms with van der Waals surface area (Å²) in [5.41, 5.74) is 0.472. The quantitative estimate of drug-likeness (QED) is 0.941. The van der Waals surface area contributed by atoms with Crippen LogP contribution >= 0.6 is 11.6 Å². The second kappa shape index (κ2) is 7.00. The Morgan fingerprint density at radius 3 is 2.77 bits per heavy atom. The minimum absolute atomic E-state index is 0.147. The molecule has 1 aromatic heterocycles. The average molecular weight is 322 g/mol. The van der Waals surface area contributed by atoms with Crippen LogP contribution in [0.15, 0.2) is 42.6 Å². The molecule has 0 saturated carbocycles. The number of aromatic nitrogens is 1. The van der Waals surface area contributed by atoms with Gasteiger partial charge in [-0.1, -0.05) is 17.7 Å². The molecule has 0 radical (unpaired) electrons. The topological polar surface area (TPSA) is 62.3 Å². The maximum atomic E-state index is 13.0. The zero-order chi connectivity index (χ0) is 16.1. The van der Waals surface area contributed by atoms with Gasteiger partial charge in [0.25, 0.3) is 5.91 Å². The predicted molar refractivity (Wildman–Crippen MR) is 81.2 cm³/mol. The van der Waals surface area contributed by atoms with Crippen molar-refractivity contribution in [2.45, 2.75) is 0 Å². The van der Waals surface area contributed by atoms with Gasteiger partial charge < -0.3 is 10.2 Å². The van der Waals surface area contributed by atoms with Crippen molar-refractivity contribution in [3.05, 3.63) is 59.1 Å². The monoisotopic (exact) mass is 321 g/mol. The molecule has 0 bridgehead atoms. The maximum absolute atomic E-state index is 13.0. The SMILES string of the molecule is CN(CC(=O)Nc1cccc(F)c1)C(=O)c1cc(Cl)ccn1. The summed E-state index contributed by atoms with van der Waals surface area (Å²) in [6, 6.07) is 8.48. The standard InChI is InChI=1S/C15H13ClFN3O2/c1-20(15(22)13-7-10(16)5-6-18-13)9-14(21)19-12-4-2-3-11(17)8-12/h2-8H,9H2,1H3,(H,19,21). The van der Waals surface area contributed by atoms with Gasteiger partial charge in [0.2, 0.25) is 5.91 Å². The van der Waals surface area contributed by atoms with Crippen molar-refractivity contribution in [2.24, 2.45) is 0 Å². The number of nitrogens with zero attached hydrogens (tertiary/aromatic N) is 2. The average Bonchev–Trinajstić information content (AvgIpc) is 2.46. The lowest BCUT2D eigenvalue weighted by atomic mass is 10.3. The van der Waals surface area contributed by atoms with Crippen LogP contribution in [0.1, 0.15) is 10.5 Å². The molecule has 0 spiro atoms. The van der Waals surface area contributed by atoms with Gasteiger partial charge in [-0.3, -0.25) is 14.6 Å². The molecule has 0 atom stereocenters. The van der Waals surface area contributed by atoms with E-state index in [4.69, 9.17) is 11.6 Å². The fourth-order valence-corrected chi connectivity index (χ4v) is 1.93. The second-order valence-electron chi connectivity index (χ2n) is 4.58. The summed E-state index contributed by atoms with van der Waals surface area (Å²) >= 11 is 5.80. The third-order valence-corrected chi connectivity index (χ3v) is 3.01. The molecule has 114 valence electrons. The van der Waals surface area contributed by atoms with Crippen LogP contribution in [0, 0.1) is 5.82 Å². The van der Waals surface area contributed by atoms with E-state index in [2.05, 4.69) is 10.3 Å². The molecule has 1 heterocycles. The van der Waals surface area contributed by atoms with E-state index in [9.17, 15) is 14.0 Å². The van der Waals surface area contributed by atoms with E-state index in [-0.39, 0.29) is 12.2 Å². The minimum Gasteiger partial charge on any atom is -0.331 e. The van der Waals surface area contributed by atoms with Crippen molar-refractivity contribution in [1.29, 1.82) is 0 Å². The van der Waals surface area contributed by atoms with E-state index in [1.165, 1.54) is 42.4 Å². The van der Waals surface area contributed by atoms with Gasteiger partial charge in [-0.05, 0) is 30.3 Å². The number of halogens is 2. The molecule has 0 saturated heterocycles. The Morgan fingerprint density at radius 1 is 1.32 bits per heavy atom. The van der Waals surface area contributed by atoms with Crippen molar-refractivity contribution in [1.82, 2.24) is 9.88 Å². The second-order valence-corrected chi connectivity index (χ2v) is 5.02. The van der Waals surface area contributed by atoms with Crippen LogP contribution in [0.2, 0.25) is 5.02 Å². The molecule has 1 N–H and O–H groups in total. The number of carbonyl (C=O) groups excluding carboxylic acids is 2. The maximum Gasteiger partial charge on any atom is 0.272 e. The van der Waals surface area contributed by atoms with E-state index in [1.54, 1.807) is 12.1 Å². The van der Waals surface area contributed by atoms with Crippen LogP contribution in [0.4, 0.5) is 10.1 Å². The Balaban J connectivity index is 1.97. The zero-order valence-electron chi connectivity index (χ0n) is 11.7. The first-order valence-electron chi connectivity index (χ1n) is 6.38. The lowest BCUT2D eigenvalue weighted by molar-refractivity contribution is -0.116. The van der Waals surface area contributed by atoms with E-state index in [1.807, 2.05) is 0 Å². The van der Waals surface area contributed by atoms with Crippen LogP contribution < -0.4 is 5.32 Å². The highest BCUT2D eigenvalue weighted by molar-refractivity contribution is 6.30. The highest BCUT2D eigenvalue weighted by Crippen LogP contribution is 2.11. The molecule has 0 fully saturated rings. The first kappa shape index (κ1) is 15.9. The van der Waals surface area contributed by atoms with E-state index in [0.717, 1.165) is 0 Å². The number of nitrogens with one attached hydrogen (secondary N) is 1.